The fraction of sp³-hybridized carbons (Fsp3) is 0.484. The number of phenolic OH excluding ortho intramolecular Hbond substituents is 1. The molecule has 0 atom stereocenters. The molecule has 218 valence electrons. The lowest BCUT2D eigenvalue weighted by molar-refractivity contribution is -0.135. The van der Waals surface area contributed by atoms with Gasteiger partial charge in [0.2, 0.25) is 11.5 Å². The van der Waals surface area contributed by atoms with Gasteiger partial charge in [-0.15, -0.1) is 12.4 Å². The molecule has 1 aliphatic carbocycles. The highest BCUT2D eigenvalue weighted by Gasteiger charge is 2.24. The largest absolute Gasteiger partial charge is 0.506 e. The van der Waals surface area contributed by atoms with Gasteiger partial charge in [0.25, 0.3) is 0 Å². The van der Waals surface area contributed by atoms with Crippen LogP contribution in [0.15, 0.2) is 47.3 Å². The molecule has 0 radical (unpaired) electrons. The molecular weight excluding hydrogens is 538 g/mol. The zero-order valence-corrected chi connectivity index (χ0v) is 23.6. The van der Waals surface area contributed by atoms with Gasteiger partial charge in [0.15, 0.2) is 0 Å². The van der Waals surface area contributed by atoms with Gasteiger partial charge in [-0.3, -0.25) is 9.59 Å². The number of pyridine rings is 1. The Hall–Kier alpha value is -2.97. The highest BCUT2D eigenvalue weighted by atomic mass is 35.5. The Balaban J connectivity index is 0.00000441. The standard InChI is InChI=1S/C31H38F2N2O4.ClH/c32-24-12-10-23(27(33)21-24)16-19-39-20-17-30(38)35(25-8-4-1-5-9-25)18-6-2-3-7-22-11-14-28(36)31-26(22)13-15-29(37)34-31;/h10-15,21,25,36H,1-9,16-20H2,(H,34,37);1H. The zero-order chi connectivity index (χ0) is 27.6. The Kier molecular flexibility index (Phi) is 12.4. The summed E-state index contributed by atoms with van der Waals surface area (Å²) in [6.07, 6.45) is 9.82. The molecule has 6 nitrogen and oxygen atoms in total. The molecule has 2 N–H and O–H groups in total. The molecule has 0 spiro atoms. The van der Waals surface area contributed by atoms with E-state index in [1.807, 2.05) is 11.0 Å². The third-order valence-corrected chi connectivity index (χ3v) is 7.64. The number of carbonyl (C=O) groups is 1. The van der Waals surface area contributed by atoms with Crippen molar-refractivity contribution in [1.29, 1.82) is 0 Å². The average Bonchev–Trinajstić information content (AvgIpc) is 2.93. The topological polar surface area (TPSA) is 82.6 Å². The van der Waals surface area contributed by atoms with Gasteiger partial charge in [-0.2, -0.15) is 0 Å². The maximum atomic E-state index is 13.8. The van der Waals surface area contributed by atoms with Crippen LogP contribution in [-0.2, 0) is 22.4 Å². The number of phenols is 1. The van der Waals surface area contributed by atoms with E-state index in [9.17, 15) is 23.5 Å². The number of amides is 1. The summed E-state index contributed by atoms with van der Waals surface area (Å²) in [5.74, 6) is -1.01. The number of nitrogens with one attached hydrogen (secondary N) is 1. The first-order chi connectivity index (χ1) is 18.9. The van der Waals surface area contributed by atoms with Crippen molar-refractivity contribution in [1.82, 2.24) is 9.88 Å². The predicted molar refractivity (Wildman–Crippen MR) is 155 cm³/mol. The summed E-state index contributed by atoms with van der Waals surface area (Å²) in [6, 6.07) is 10.6. The van der Waals surface area contributed by atoms with E-state index in [1.54, 1.807) is 12.1 Å². The Morgan fingerprint density at radius 2 is 1.73 bits per heavy atom. The molecule has 0 bridgehead atoms. The second-order valence-corrected chi connectivity index (χ2v) is 10.4. The van der Waals surface area contributed by atoms with Crippen LogP contribution in [-0.4, -0.2) is 46.7 Å². The molecule has 1 aromatic heterocycles. The summed E-state index contributed by atoms with van der Waals surface area (Å²) < 4.78 is 32.5. The number of fused-ring (bicyclic) bond motifs is 1. The average molecular weight is 577 g/mol. The second-order valence-electron chi connectivity index (χ2n) is 10.4. The van der Waals surface area contributed by atoms with E-state index >= 15 is 0 Å². The number of halogens is 3. The van der Waals surface area contributed by atoms with Crippen molar-refractivity contribution >= 4 is 29.2 Å². The number of hydrogen-bond donors (Lipinski definition) is 2. The van der Waals surface area contributed by atoms with Crippen LogP contribution < -0.4 is 5.56 Å². The summed E-state index contributed by atoms with van der Waals surface area (Å²) in [7, 11) is 0. The zero-order valence-electron chi connectivity index (χ0n) is 22.8. The second kappa shape index (κ2) is 15.7. The molecule has 0 saturated heterocycles. The van der Waals surface area contributed by atoms with E-state index in [2.05, 4.69) is 4.98 Å². The number of aromatic nitrogens is 1. The lowest BCUT2D eigenvalue weighted by Crippen LogP contribution is -2.42. The summed E-state index contributed by atoms with van der Waals surface area (Å²) in [4.78, 5) is 29.5. The normalized spacial score (nSPS) is 13.8. The fourth-order valence-electron chi connectivity index (χ4n) is 5.50. The monoisotopic (exact) mass is 576 g/mol. The van der Waals surface area contributed by atoms with Crippen LogP contribution in [0.2, 0.25) is 0 Å². The maximum Gasteiger partial charge on any atom is 0.248 e. The van der Waals surface area contributed by atoms with Gasteiger partial charge in [0, 0.05) is 30.1 Å². The third kappa shape index (κ3) is 8.77. The highest BCUT2D eigenvalue weighted by Crippen LogP contribution is 2.27. The first-order valence-corrected chi connectivity index (χ1v) is 14.1. The minimum Gasteiger partial charge on any atom is -0.506 e. The van der Waals surface area contributed by atoms with Gasteiger partial charge in [-0.05, 0) is 67.9 Å². The molecular formula is C31H39ClF2N2O4. The van der Waals surface area contributed by atoms with Crippen LogP contribution in [0, 0.1) is 11.6 Å². The van der Waals surface area contributed by atoms with E-state index in [-0.39, 0.29) is 48.9 Å². The molecule has 2 aromatic carbocycles. The van der Waals surface area contributed by atoms with E-state index in [0.717, 1.165) is 68.4 Å². The van der Waals surface area contributed by atoms with Gasteiger partial charge in [-0.1, -0.05) is 37.8 Å². The van der Waals surface area contributed by atoms with Crippen molar-refractivity contribution in [3.05, 3.63) is 75.6 Å². The van der Waals surface area contributed by atoms with Gasteiger partial charge < -0.3 is 19.7 Å². The lowest BCUT2D eigenvalue weighted by Gasteiger charge is -2.34. The number of aryl methyl sites for hydroxylation is 1. The molecule has 4 rings (SSSR count). The molecule has 1 heterocycles. The molecule has 9 heteroatoms. The Bertz CT molecular complexity index is 1310. The van der Waals surface area contributed by atoms with Crippen LogP contribution in [0.1, 0.15) is 68.9 Å². The minimum atomic E-state index is -0.600. The Morgan fingerprint density at radius 1 is 0.950 bits per heavy atom. The maximum absolute atomic E-state index is 13.8. The molecule has 40 heavy (non-hydrogen) atoms. The van der Waals surface area contributed by atoms with Crippen LogP contribution in [0.25, 0.3) is 10.9 Å². The number of H-pyrrole nitrogens is 1. The summed E-state index contributed by atoms with van der Waals surface area (Å²) >= 11 is 0. The summed E-state index contributed by atoms with van der Waals surface area (Å²) in [5.41, 5.74) is 1.71. The molecule has 1 amide bonds. The number of rotatable bonds is 13. The van der Waals surface area contributed by atoms with Crippen LogP contribution in [0.5, 0.6) is 5.75 Å². The van der Waals surface area contributed by atoms with Crippen molar-refractivity contribution in [3.63, 3.8) is 0 Å². The van der Waals surface area contributed by atoms with Gasteiger partial charge in [0.05, 0.1) is 25.2 Å². The van der Waals surface area contributed by atoms with Crippen molar-refractivity contribution in [3.8, 4) is 5.75 Å². The summed E-state index contributed by atoms with van der Waals surface area (Å²) in [5, 5.41) is 10.9. The fourth-order valence-corrected chi connectivity index (χ4v) is 5.50. The Morgan fingerprint density at radius 3 is 2.50 bits per heavy atom. The molecule has 1 saturated carbocycles. The first-order valence-electron chi connectivity index (χ1n) is 14.1. The van der Waals surface area contributed by atoms with Crippen molar-refractivity contribution < 1.29 is 23.4 Å². The highest BCUT2D eigenvalue weighted by molar-refractivity contribution is 5.87. The quantitative estimate of drug-likeness (QED) is 0.229. The number of aromatic hydroxyl groups is 1. The third-order valence-electron chi connectivity index (χ3n) is 7.64. The number of unbranched alkanes of at least 4 members (excludes halogenated alkanes) is 2. The van der Waals surface area contributed by atoms with E-state index in [1.165, 1.54) is 24.6 Å². The number of carbonyl (C=O) groups excluding carboxylic acids is 1. The number of aromatic amines is 1. The molecule has 0 unspecified atom stereocenters. The molecule has 0 aliphatic heterocycles. The van der Waals surface area contributed by atoms with E-state index in [4.69, 9.17) is 4.74 Å². The smallest absolute Gasteiger partial charge is 0.248 e. The molecule has 1 fully saturated rings. The van der Waals surface area contributed by atoms with Crippen LogP contribution in [0.3, 0.4) is 0 Å². The Labute approximate surface area is 240 Å². The van der Waals surface area contributed by atoms with E-state index < -0.39 is 11.6 Å². The number of benzene rings is 2. The number of ether oxygens (including phenoxy) is 1. The van der Waals surface area contributed by atoms with Crippen LogP contribution >= 0.6 is 12.4 Å². The predicted octanol–water partition coefficient (Wildman–Crippen LogP) is 6.46. The van der Waals surface area contributed by atoms with Gasteiger partial charge in [-0.25, -0.2) is 8.78 Å². The number of hydrogen-bond acceptors (Lipinski definition) is 4. The SMILES string of the molecule is Cl.O=C(CCOCCc1ccc(F)cc1F)N(CCCCCc1ccc(O)c2[nH]c(=O)ccc12)C1CCCCC1. The number of nitrogens with zero attached hydrogens (tertiary/aromatic N) is 1. The lowest BCUT2D eigenvalue weighted by atomic mass is 9.93. The molecule has 1 aliphatic rings. The van der Waals surface area contributed by atoms with E-state index in [0.29, 0.717) is 30.5 Å². The summed E-state index contributed by atoms with van der Waals surface area (Å²) in [6.45, 7) is 1.27. The minimum absolute atomic E-state index is 0. The van der Waals surface area contributed by atoms with Gasteiger partial charge >= 0.3 is 0 Å². The first kappa shape index (κ1) is 31.6. The van der Waals surface area contributed by atoms with Crippen molar-refractivity contribution in [2.75, 3.05) is 19.8 Å². The van der Waals surface area contributed by atoms with Crippen LogP contribution in [0.4, 0.5) is 8.78 Å². The van der Waals surface area contributed by atoms with Crippen molar-refractivity contribution in [2.24, 2.45) is 0 Å². The molecule has 3 aromatic rings. The van der Waals surface area contributed by atoms with Crippen molar-refractivity contribution in [2.45, 2.75) is 76.7 Å². The van der Waals surface area contributed by atoms with Gasteiger partial charge in [0.1, 0.15) is 17.4 Å².